The first-order valence-electron chi connectivity index (χ1n) is 11.3. The summed E-state index contributed by atoms with van der Waals surface area (Å²) in [7, 11) is 0. The number of rotatable bonds is 8. The molecular weight excluding hydrogens is 467 g/mol. The number of carbonyl (C=O) groups is 2. The van der Waals surface area contributed by atoms with Crippen LogP contribution in [0.2, 0.25) is 0 Å². The molecule has 1 N–H and O–H groups in total. The van der Waals surface area contributed by atoms with Crippen molar-refractivity contribution in [2.75, 3.05) is 0 Å². The minimum Gasteiger partial charge on any atom is -0.467 e. The second-order valence-corrected chi connectivity index (χ2v) is 9.35. The molecule has 0 saturated heterocycles. The first-order chi connectivity index (χ1) is 17.1. The maximum atomic E-state index is 13.7. The smallest absolute Gasteiger partial charge is 0.247 e. The number of furan rings is 2. The Balaban J connectivity index is 1.67. The van der Waals surface area contributed by atoms with E-state index in [1.807, 2.05) is 20.8 Å². The Morgan fingerprint density at radius 3 is 2.50 bits per heavy atom. The normalized spacial score (nSPS) is 12.4. The number of aryl methyl sites for hydroxylation is 1. The highest BCUT2D eigenvalue weighted by Gasteiger charge is 2.34. The van der Waals surface area contributed by atoms with E-state index in [2.05, 4.69) is 20.7 Å². The van der Waals surface area contributed by atoms with Gasteiger partial charge in [0, 0.05) is 5.54 Å². The van der Waals surface area contributed by atoms with Gasteiger partial charge in [0.2, 0.25) is 17.6 Å². The highest BCUT2D eigenvalue weighted by Crippen LogP contribution is 2.26. The lowest BCUT2D eigenvalue weighted by Crippen LogP contribution is -2.49. The summed E-state index contributed by atoms with van der Waals surface area (Å²) in [5.74, 6) is 0.467. The fourth-order valence-corrected chi connectivity index (χ4v) is 3.63. The van der Waals surface area contributed by atoms with Gasteiger partial charge in [0.25, 0.3) is 0 Å². The molecule has 3 aromatic heterocycles. The van der Waals surface area contributed by atoms with Gasteiger partial charge in [-0.25, -0.2) is 4.39 Å². The van der Waals surface area contributed by atoms with Crippen molar-refractivity contribution in [2.45, 2.75) is 52.4 Å². The monoisotopic (exact) mass is 494 g/mol. The van der Waals surface area contributed by atoms with Crippen LogP contribution in [0.25, 0.3) is 11.6 Å². The van der Waals surface area contributed by atoms with Crippen LogP contribution in [0.3, 0.4) is 0 Å². The van der Waals surface area contributed by atoms with Crippen molar-refractivity contribution >= 4 is 11.8 Å². The van der Waals surface area contributed by atoms with Crippen molar-refractivity contribution in [1.82, 2.24) is 30.4 Å². The minimum absolute atomic E-state index is 0.00955. The average Bonchev–Trinajstić information content (AvgIpc) is 3.56. The second kappa shape index (κ2) is 10.1. The molecule has 0 fully saturated rings. The van der Waals surface area contributed by atoms with Gasteiger partial charge in [-0.1, -0.05) is 12.1 Å². The molecule has 2 amide bonds. The largest absolute Gasteiger partial charge is 0.467 e. The third-order valence-corrected chi connectivity index (χ3v) is 5.16. The summed E-state index contributed by atoms with van der Waals surface area (Å²) in [6.07, 6.45) is 1.48. The molecular formula is C25H27FN6O4. The van der Waals surface area contributed by atoms with E-state index >= 15 is 0 Å². The molecule has 0 aliphatic heterocycles. The van der Waals surface area contributed by atoms with Crippen molar-refractivity contribution < 1.29 is 22.8 Å². The Labute approximate surface area is 207 Å². The number of nitrogens with zero attached hydrogens (tertiary/aromatic N) is 5. The quantitative estimate of drug-likeness (QED) is 0.397. The number of benzene rings is 1. The van der Waals surface area contributed by atoms with Crippen molar-refractivity contribution in [3.05, 3.63) is 77.7 Å². The Morgan fingerprint density at radius 2 is 1.89 bits per heavy atom. The van der Waals surface area contributed by atoms with Gasteiger partial charge in [0.15, 0.2) is 5.76 Å². The number of carbonyl (C=O) groups excluding carboxylic acids is 2. The van der Waals surface area contributed by atoms with E-state index in [0.29, 0.717) is 22.8 Å². The SMILES string of the molecule is Cc1ccc(-c2nnn(CC(=O)N(Cc3ccco3)C(C(=O)NC(C)(C)C)c3ccc(F)cc3)n2)o1. The molecule has 0 aliphatic carbocycles. The van der Waals surface area contributed by atoms with Crippen LogP contribution in [0.5, 0.6) is 0 Å². The molecule has 0 radical (unpaired) electrons. The van der Waals surface area contributed by atoms with E-state index < -0.39 is 29.2 Å². The summed E-state index contributed by atoms with van der Waals surface area (Å²) in [6.45, 7) is 6.99. The summed E-state index contributed by atoms with van der Waals surface area (Å²) < 4.78 is 24.7. The highest BCUT2D eigenvalue weighted by atomic mass is 19.1. The number of amides is 2. The first-order valence-corrected chi connectivity index (χ1v) is 11.3. The fourth-order valence-electron chi connectivity index (χ4n) is 3.63. The van der Waals surface area contributed by atoms with E-state index in [4.69, 9.17) is 8.83 Å². The van der Waals surface area contributed by atoms with Crippen molar-refractivity contribution in [2.24, 2.45) is 0 Å². The third-order valence-electron chi connectivity index (χ3n) is 5.16. The highest BCUT2D eigenvalue weighted by molar-refractivity contribution is 5.89. The zero-order chi connectivity index (χ0) is 25.9. The van der Waals surface area contributed by atoms with E-state index in [0.717, 1.165) is 4.80 Å². The zero-order valence-electron chi connectivity index (χ0n) is 20.4. The lowest BCUT2D eigenvalue weighted by atomic mass is 10.0. The molecule has 0 bridgehead atoms. The predicted octanol–water partition coefficient (Wildman–Crippen LogP) is 3.66. The molecule has 10 nitrogen and oxygen atoms in total. The van der Waals surface area contributed by atoms with Crippen LogP contribution < -0.4 is 5.32 Å². The van der Waals surface area contributed by atoms with Gasteiger partial charge >= 0.3 is 0 Å². The standard InChI is InChI=1S/C25H27FN6O4/c1-16-7-12-20(36-16)23-28-30-32(29-23)15-21(33)31(14-19-6-5-13-35-19)22(24(34)27-25(2,3)4)17-8-10-18(26)11-9-17/h5-13,22H,14-15H2,1-4H3,(H,27,34). The Kier molecular flexibility index (Phi) is 7.00. The van der Waals surface area contributed by atoms with Crippen molar-refractivity contribution in [3.63, 3.8) is 0 Å². The van der Waals surface area contributed by atoms with Gasteiger partial charge in [0.1, 0.15) is 29.9 Å². The zero-order valence-corrected chi connectivity index (χ0v) is 20.4. The van der Waals surface area contributed by atoms with E-state index in [1.54, 1.807) is 31.2 Å². The van der Waals surface area contributed by atoms with Crippen LogP contribution in [-0.2, 0) is 22.7 Å². The molecule has 0 aliphatic rings. The van der Waals surface area contributed by atoms with Gasteiger partial charge in [-0.2, -0.15) is 4.80 Å². The van der Waals surface area contributed by atoms with Gasteiger partial charge < -0.3 is 19.1 Å². The Hall–Kier alpha value is -4.28. The number of tetrazole rings is 1. The molecule has 1 aromatic carbocycles. The van der Waals surface area contributed by atoms with Crippen LogP contribution >= 0.6 is 0 Å². The maximum Gasteiger partial charge on any atom is 0.247 e. The van der Waals surface area contributed by atoms with Crippen LogP contribution in [-0.4, -0.2) is 42.5 Å². The first kappa shape index (κ1) is 24.8. The molecule has 3 heterocycles. The summed E-state index contributed by atoms with van der Waals surface area (Å²) in [6, 6.07) is 11.3. The molecule has 0 spiro atoms. The van der Waals surface area contributed by atoms with Crippen molar-refractivity contribution in [1.29, 1.82) is 0 Å². The van der Waals surface area contributed by atoms with Gasteiger partial charge in [-0.05, 0) is 74.9 Å². The number of nitrogens with one attached hydrogen (secondary N) is 1. The molecule has 4 rings (SSSR count). The molecule has 0 saturated carbocycles. The van der Waals surface area contributed by atoms with Crippen molar-refractivity contribution in [3.8, 4) is 11.6 Å². The van der Waals surface area contributed by atoms with Gasteiger partial charge in [-0.3, -0.25) is 9.59 Å². The van der Waals surface area contributed by atoms with Gasteiger partial charge in [0.05, 0.1) is 12.8 Å². The second-order valence-electron chi connectivity index (χ2n) is 9.35. The van der Waals surface area contributed by atoms with Crippen LogP contribution in [0.1, 0.15) is 43.9 Å². The number of hydrogen-bond acceptors (Lipinski definition) is 7. The molecule has 188 valence electrons. The van der Waals surface area contributed by atoms with Crippen LogP contribution in [0, 0.1) is 12.7 Å². The number of hydrogen-bond donors (Lipinski definition) is 1. The van der Waals surface area contributed by atoms with Crippen LogP contribution in [0.4, 0.5) is 4.39 Å². The summed E-state index contributed by atoms with van der Waals surface area (Å²) >= 11 is 0. The Bertz CT molecular complexity index is 1320. The molecule has 1 unspecified atom stereocenters. The summed E-state index contributed by atoms with van der Waals surface area (Å²) in [5, 5.41) is 15.1. The molecule has 11 heteroatoms. The topological polar surface area (TPSA) is 119 Å². The predicted molar refractivity (Wildman–Crippen MR) is 127 cm³/mol. The number of halogens is 1. The lowest BCUT2D eigenvalue weighted by molar-refractivity contribution is -0.143. The fraction of sp³-hybridized carbons (Fsp3) is 0.320. The minimum atomic E-state index is -1.07. The Morgan fingerprint density at radius 1 is 1.14 bits per heavy atom. The average molecular weight is 495 g/mol. The lowest BCUT2D eigenvalue weighted by Gasteiger charge is -2.33. The molecule has 36 heavy (non-hydrogen) atoms. The van der Waals surface area contributed by atoms with E-state index in [-0.39, 0.29) is 18.9 Å². The van der Waals surface area contributed by atoms with Crippen LogP contribution in [0.15, 0.2) is 63.6 Å². The van der Waals surface area contributed by atoms with E-state index in [9.17, 15) is 14.0 Å². The summed E-state index contributed by atoms with van der Waals surface area (Å²) in [5.41, 5.74) is -0.130. The number of aromatic nitrogens is 4. The third kappa shape index (κ3) is 6.04. The maximum absolute atomic E-state index is 13.7. The van der Waals surface area contributed by atoms with E-state index in [1.165, 1.54) is 35.4 Å². The van der Waals surface area contributed by atoms with Gasteiger partial charge in [-0.15, -0.1) is 10.2 Å². The summed E-state index contributed by atoms with van der Waals surface area (Å²) in [4.78, 5) is 29.6. The molecule has 1 atom stereocenters. The molecule has 4 aromatic rings.